The number of rotatable bonds is 4. The summed E-state index contributed by atoms with van der Waals surface area (Å²) < 4.78 is 31.0. The Morgan fingerprint density at radius 3 is 2.43 bits per heavy atom. The second-order valence-corrected chi connectivity index (χ2v) is 4.88. The van der Waals surface area contributed by atoms with Gasteiger partial charge in [-0.05, 0) is 61.8 Å². The van der Waals surface area contributed by atoms with Crippen LogP contribution in [0.15, 0.2) is 17.2 Å². The molecular weight excluding hydrogens is 298 g/mol. The number of nitrogens with zero attached hydrogens (tertiary/aromatic N) is 3. The quantitative estimate of drug-likeness (QED) is 0.696. The first-order valence-electron chi connectivity index (χ1n) is 6.13. The monoisotopic (exact) mass is 312 g/mol. The fourth-order valence-electron chi connectivity index (χ4n) is 1.96. The van der Waals surface area contributed by atoms with Crippen molar-refractivity contribution in [1.82, 2.24) is 14.9 Å². The van der Waals surface area contributed by atoms with Gasteiger partial charge in [0, 0.05) is 0 Å². The van der Waals surface area contributed by atoms with E-state index in [9.17, 15) is 8.78 Å². The highest BCUT2D eigenvalue weighted by Crippen LogP contribution is 2.25. The molecule has 0 spiro atoms. The number of aromatic amines is 1. The minimum atomic E-state index is -2.84. The highest BCUT2D eigenvalue weighted by atomic mass is 32.1. The molecule has 0 saturated carbocycles. The van der Waals surface area contributed by atoms with Crippen molar-refractivity contribution in [3.8, 4) is 5.75 Å². The molecule has 0 aliphatic rings. The summed E-state index contributed by atoms with van der Waals surface area (Å²) in [5, 5.41) is 10.8. The van der Waals surface area contributed by atoms with Gasteiger partial charge in [-0.15, -0.1) is 0 Å². The van der Waals surface area contributed by atoms with Crippen LogP contribution in [0, 0.1) is 25.5 Å². The molecule has 0 fully saturated rings. The first-order valence-corrected chi connectivity index (χ1v) is 6.53. The van der Waals surface area contributed by atoms with Crippen LogP contribution in [-0.2, 0) is 0 Å². The maximum atomic E-state index is 12.3. The lowest BCUT2D eigenvalue weighted by atomic mass is 10.1. The van der Waals surface area contributed by atoms with Crippen molar-refractivity contribution in [3.63, 3.8) is 0 Å². The smallest absolute Gasteiger partial charge is 0.387 e. The highest BCUT2D eigenvalue weighted by Gasteiger charge is 2.11. The third-order valence-electron chi connectivity index (χ3n) is 2.82. The first-order chi connectivity index (χ1) is 9.88. The lowest BCUT2D eigenvalue weighted by Crippen LogP contribution is -2.05. The van der Waals surface area contributed by atoms with Crippen molar-refractivity contribution in [2.24, 2.45) is 5.10 Å². The molecule has 0 saturated heterocycles. The predicted octanol–water partition coefficient (Wildman–Crippen LogP) is 3.35. The molecule has 0 bridgehead atoms. The van der Waals surface area contributed by atoms with Gasteiger partial charge in [0.05, 0.1) is 6.21 Å². The Morgan fingerprint density at radius 1 is 1.33 bits per heavy atom. The van der Waals surface area contributed by atoms with Crippen LogP contribution in [0.1, 0.15) is 22.5 Å². The zero-order chi connectivity index (χ0) is 15.6. The molecular formula is C13H14F2N4OS. The Morgan fingerprint density at radius 2 is 1.95 bits per heavy atom. The van der Waals surface area contributed by atoms with Crippen LogP contribution in [0.25, 0.3) is 0 Å². The van der Waals surface area contributed by atoms with E-state index in [0.29, 0.717) is 21.7 Å². The van der Waals surface area contributed by atoms with Crippen LogP contribution in [-0.4, -0.2) is 27.7 Å². The molecule has 0 aliphatic heterocycles. The van der Waals surface area contributed by atoms with Gasteiger partial charge in [0.2, 0.25) is 4.77 Å². The van der Waals surface area contributed by atoms with E-state index in [4.69, 9.17) is 12.2 Å². The average Bonchev–Trinajstić information content (AvgIpc) is 2.71. The number of alkyl halides is 2. The summed E-state index contributed by atoms with van der Waals surface area (Å²) in [6.07, 6.45) is 1.59. The van der Waals surface area contributed by atoms with E-state index in [-0.39, 0.29) is 5.75 Å². The van der Waals surface area contributed by atoms with E-state index >= 15 is 0 Å². The summed E-state index contributed by atoms with van der Waals surface area (Å²) in [5.74, 6) is 0.820. The molecule has 1 N–H and O–H groups in total. The van der Waals surface area contributed by atoms with E-state index in [2.05, 4.69) is 20.0 Å². The van der Waals surface area contributed by atoms with E-state index in [1.807, 2.05) is 0 Å². The van der Waals surface area contributed by atoms with Gasteiger partial charge >= 0.3 is 6.61 Å². The van der Waals surface area contributed by atoms with E-state index in [1.165, 1.54) is 4.68 Å². The van der Waals surface area contributed by atoms with E-state index < -0.39 is 6.61 Å². The molecule has 1 aromatic heterocycles. The van der Waals surface area contributed by atoms with Gasteiger partial charge in [-0.2, -0.15) is 23.7 Å². The molecule has 2 aromatic rings. The molecule has 8 heteroatoms. The minimum Gasteiger partial charge on any atom is -0.434 e. The van der Waals surface area contributed by atoms with Crippen LogP contribution in [0.2, 0.25) is 0 Å². The Hall–Kier alpha value is -2.09. The minimum absolute atomic E-state index is 0.193. The van der Waals surface area contributed by atoms with Crippen LogP contribution >= 0.6 is 12.2 Å². The summed E-state index contributed by atoms with van der Waals surface area (Å²) in [7, 11) is 0. The normalized spacial score (nSPS) is 11.5. The number of aryl methyl sites for hydroxylation is 3. The van der Waals surface area contributed by atoms with Gasteiger partial charge in [0.15, 0.2) is 0 Å². The molecule has 0 unspecified atom stereocenters. The SMILES string of the molecule is Cc1cc(/C=N\n2c(C)n[nH]c2=S)cc(C)c1OC(F)F. The van der Waals surface area contributed by atoms with Gasteiger partial charge in [-0.1, -0.05) is 0 Å². The highest BCUT2D eigenvalue weighted by molar-refractivity contribution is 7.71. The number of ether oxygens (including phenoxy) is 1. The molecule has 0 atom stereocenters. The number of nitrogens with one attached hydrogen (secondary N) is 1. The van der Waals surface area contributed by atoms with Crippen molar-refractivity contribution < 1.29 is 13.5 Å². The Bertz CT molecular complexity index is 713. The van der Waals surface area contributed by atoms with Gasteiger partial charge in [0.1, 0.15) is 11.6 Å². The van der Waals surface area contributed by atoms with Crippen molar-refractivity contribution in [3.05, 3.63) is 39.4 Å². The van der Waals surface area contributed by atoms with Crippen LogP contribution in [0.4, 0.5) is 8.78 Å². The molecule has 2 rings (SSSR count). The number of H-pyrrole nitrogens is 1. The summed E-state index contributed by atoms with van der Waals surface area (Å²) in [6.45, 7) is 2.33. The summed E-state index contributed by atoms with van der Waals surface area (Å²) in [6, 6.07) is 3.43. The van der Waals surface area contributed by atoms with Gasteiger partial charge in [-0.3, -0.25) is 5.10 Å². The lowest BCUT2D eigenvalue weighted by Gasteiger charge is -2.11. The number of halogens is 2. The van der Waals surface area contributed by atoms with E-state index in [0.717, 1.165) is 5.56 Å². The summed E-state index contributed by atoms with van der Waals surface area (Å²) in [4.78, 5) is 0. The third-order valence-corrected chi connectivity index (χ3v) is 3.09. The molecule has 1 heterocycles. The van der Waals surface area contributed by atoms with Crippen molar-refractivity contribution in [1.29, 1.82) is 0 Å². The molecule has 0 aliphatic carbocycles. The molecule has 0 amide bonds. The number of aromatic nitrogens is 3. The lowest BCUT2D eigenvalue weighted by molar-refractivity contribution is -0.0507. The van der Waals surface area contributed by atoms with Crippen LogP contribution in [0.5, 0.6) is 5.75 Å². The van der Waals surface area contributed by atoms with Crippen molar-refractivity contribution in [2.45, 2.75) is 27.4 Å². The summed E-state index contributed by atoms with van der Waals surface area (Å²) in [5.41, 5.74) is 1.99. The maximum absolute atomic E-state index is 12.3. The van der Waals surface area contributed by atoms with Gasteiger partial charge in [0.25, 0.3) is 0 Å². The topological polar surface area (TPSA) is 55.2 Å². The van der Waals surface area contributed by atoms with Gasteiger partial charge < -0.3 is 4.74 Å². The molecule has 0 radical (unpaired) electrons. The summed E-state index contributed by atoms with van der Waals surface area (Å²) >= 11 is 5.04. The second kappa shape index (κ2) is 6.13. The zero-order valence-corrected chi connectivity index (χ0v) is 12.5. The number of hydrogen-bond donors (Lipinski definition) is 1. The van der Waals surface area contributed by atoms with Gasteiger partial charge in [-0.25, -0.2) is 0 Å². The third kappa shape index (κ3) is 3.52. The molecule has 112 valence electrons. The fourth-order valence-corrected chi connectivity index (χ4v) is 2.19. The molecule has 1 aromatic carbocycles. The largest absolute Gasteiger partial charge is 0.434 e. The fraction of sp³-hybridized carbons (Fsp3) is 0.308. The molecule has 21 heavy (non-hydrogen) atoms. The standard InChI is InChI=1S/C13H14F2N4OS/c1-7-4-10(5-8(2)11(7)20-12(14)15)6-16-19-9(3)17-18-13(19)21/h4-6,12H,1-3H3,(H,18,21)/b16-6-. The average molecular weight is 312 g/mol. The Labute approximate surface area is 125 Å². The first kappa shape index (κ1) is 15.3. The maximum Gasteiger partial charge on any atom is 0.387 e. The van der Waals surface area contributed by atoms with Crippen molar-refractivity contribution >= 4 is 18.4 Å². The number of benzene rings is 1. The molecule has 5 nitrogen and oxygen atoms in total. The van der Waals surface area contributed by atoms with Crippen LogP contribution < -0.4 is 4.74 Å². The zero-order valence-electron chi connectivity index (χ0n) is 11.7. The van der Waals surface area contributed by atoms with Crippen LogP contribution in [0.3, 0.4) is 0 Å². The predicted molar refractivity (Wildman–Crippen MR) is 77.7 cm³/mol. The number of hydrogen-bond acceptors (Lipinski definition) is 4. The Kier molecular flexibility index (Phi) is 4.46. The Balaban J connectivity index is 2.32. The van der Waals surface area contributed by atoms with Crippen molar-refractivity contribution in [2.75, 3.05) is 0 Å². The van der Waals surface area contributed by atoms with E-state index in [1.54, 1.807) is 39.1 Å². The second-order valence-electron chi connectivity index (χ2n) is 4.49.